The van der Waals surface area contributed by atoms with E-state index in [4.69, 9.17) is 5.73 Å². The Hall–Kier alpha value is -0.0800. The number of hydrogen-bond donors (Lipinski definition) is 1. The van der Waals surface area contributed by atoms with Crippen molar-refractivity contribution in [2.75, 3.05) is 19.6 Å². The summed E-state index contributed by atoms with van der Waals surface area (Å²) in [6, 6.07) is 0.386. The van der Waals surface area contributed by atoms with E-state index in [1.165, 1.54) is 45.3 Å². The van der Waals surface area contributed by atoms with Crippen LogP contribution in [0.1, 0.15) is 39.5 Å². The molecule has 2 unspecified atom stereocenters. The van der Waals surface area contributed by atoms with Gasteiger partial charge in [0, 0.05) is 12.6 Å². The minimum Gasteiger partial charge on any atom is -0.328 e. The lowest BCUT2D eigenvalue weighted by molar-refractivity contribution is 0.173. The van der Waals surface area contributed by atoms with Crippen LogP contribution in [-0.4, -0.2) is 30.6 Å². The molecule has 1 rings (SSSR count). The van der Waals surface area contributed by atoms with Gasteiger partial charge in [-0.15, -0.1) is 0 Å². The summed E-state index contributed by atoms with van der Waals surface area (Å²) in [5.41, 5.74) is 5.76. The van der Waals surface area contributed by atoms with Gasteiger partial charge in [-0.2, -0.15) is 0 Å². The number of nitrogens with zero attached hydrogens (tertiary/aromatic N) is 1. The molecule has 0 aromatic heterocycles. The molecular formula is C11H24N2. The molecule has 1 heterocycles. The van der Waals surface area contributed by atoms with E-state index in [1.54, 1.807) is 0 Å². The normalized spacial score (nSPS) is 27.5. The van der Waals surface area contributed by atoms with Crippen LogP contribution in [0.3, 0.4) is 0 Å². The summed E-state index contributed by atoms with van der Waals surface area (Å²) in [4.78, 5) is 2.56. The second-order valence-electron chi connectivity index (χ2n) is 4.46. The zero-order valence-electron chi connectivity index (χ0n) is 9.13. The van der Waals surface area contributed by atoms with Crippen LogP contribution in [-0.2, 0) is 0 Å². The lowest BCUT2D eigenvalue weighted by Gasteiger charge is -2.32. The largest absolute Gasteiger partial charge is 0.328 e. The summed E-state index contributed by atoms with van der Waals surface area (Å²) < 4.78 is 0. The molecule has 78 valence electrons. The van der Waals surface area contributed by atoms with Crippen LogP contribution in [0.2, 0.25) is 0 Å². The number of likely N-dealkylation sites (tertiary alicyclic amines) is 1. The van der Waals surface area contributed by atoms with Crippen molar-refractivity contribution in [3.8, 4) is 0 Å². The Balaban J connectivity index is 2.18. The lowest BCUT2D eigenvalue weighted by Crippen LogP contribution is -2.35. The van der Waals surface area contributed by atoms with Gasteiger partial charge in [0.25, 0.3) is 0 Å². The standard InChI is InChI=1S/C11H24N2/c1-3-13-8-4-5-11(9-13)7-6-10(2)12/h10-11H,3-9,12H2,1-2H3. The van der Waals surface area contributed by atoms with Gasteiger partial charge >= 0.3 is 0 Å². The first-order chi connectivity index (χ1) is 6.22. The van der Waals surface area contributed by atoms with E-state index in [0.717, 1.165) is 5.92 Å². The Morgan fingerprint density at radius 1 is 1.54 bits per heavy atom. The molecule has 0 saturated carbocycles. The molecule has 0 aliphatic carbocycles. The molecule has 0 bridgehead atoms. The van der Waals surface area contributed by atoms with E-state index in [9.17, 15) is 0 Å². The minimum atomic E-state index is 0.386. The number of rotatable bonds is 4. The maximum Gasteiger partial charge on any atom is 0.00105 e. The third-order valence-corrected chi connectivity index (χ3v) is 3.08. The van der Waals surface area contributed by atoms with Crippen LogP contribution in [0.15, 0.2) is 0 Å². The molecule has 1 saturated heterocycles. The van der Waals surface area contributed by atoms with Crippen LogP contribution in [0.25, 0.3) is 0 Å². The van der Waals surface area contributed by atoms with Crippen molar-refractivity contribution in [2.45, 2.75) is 45.6 Å². The summed E-state index contributed by atoms with van der Waals surface area (Å²) in [6.07, 6.45) is 5.33. The second-order valence-corrected chi connectivity index (χ2v) is 4.46. The number of nitrogens with two attached hydrogens (primary N) is 1. The van der Waals surface area contributed by atoms with Crippen LogP contribution >= 0.6 is 0 Å². The quantitative estimate of drug-likeness (QED) is 0.722. The zero-order valence-corrected chi connectivity index (χ0v) is 9.13. The highest BCUT2D eigenvalue weighted by molar-refractivity contribution is 4.73. The summed E-state index contributed by atoms with van der Waals surface area (Å²) in [7, 11) is 0. The van der Waals surface area contributed by atoms with Gasteiger partial charge in [-0.3, -0.25) is 0 Å². The van der Waals surface area contributed by atoms with Crippen LogP contribution in [0.5, 0.6) is 0 Å². The first-order valence-corrected chi connectivity index (χ1v) is 5.70. The molecule has 0 aromatic rings. The summed E-state index contributed by atoms with van der Waals surface area (Å²) in [6.45, 7) is 8.21. The fourth-order valence-corrected chi connectivity index (χ4v) is 2.17. The average Bonchev–Trinajstić information content (AvgIpc) is 2.15. The fourth-order valence-electron chi connectivity index (χ4n) is 2.17. The van der Waals surface area contributed by atoms with E-state index >= 15 is 0 Å². The Morgan fingerprint density at radius 3 is 2.92 bits per heavy atom. The van der Waals surface area contributed by atoms with Crippen molar-refractivity contribution >= 4 is 0 Å². The molecule has 0 radical (unpaired) electrons. The van der Waals surface area contributed by atoms with Crippen molar-refractivity contribution in [1.82, 2.24) is 4.90 Å². The van der Waals surface area contributed by atoms with E-state index in [-0.39, 0.29) is 0 Å². The van der Waals surface area contributed by atoms with Crippen molar-refractivity contribution in [2.24, 2.45) is 11.7 Å². The molecule has 2 heteroatoms. The molecule has 2 N–H and O–H groups in total. The van der Waals surface area contributed by atoms with E-state index in [1.807, 2.05) is 0 Å². The minimum absolute atomic E-state index is 0.386. The van der Waals surface area contributed by atoms with Gasteiger partial charge in [-0.25, -0.2) is 0 Å². The topological polar surface area (TPSA) is 29.3 Å². The zero-order chi connectivity index (χ0) is 9.68. The van der Waals surface area contributed by atoms with Gasteiger partial charge < -0.3 is 10.6 Å². The van der Waals surface area contributed by atoms with Gasteiger partial charge in [-0.05, 0) is 51.6 Å². The third-order valence-electron chi connectivity index (χ3n) is 3.08. The first kappa shape index (κ1) is 11.0. The maximum absolute atomic E-state index is 5.76. The highest BCUT2D eigenvalue weighted by atomic mass is 15.1. The molecule has 0 spiro atoms. The lowest BCUT2D eigenvalue weighted by atomic mass is 9.92. The SMILES string of the molecule is CCN1CCCC(CCC(C)N)C1. The predicted octanol–water partition coefficient (Wildman–Crippen LogP) is 1.85. The maximum atomic E-state index is 5.76. The van der Waals surface area contributed by atoms with Crippen molar-refractivity contribution in [3.63, 3.8) is 0 Å². The Kier molecular flexibility index (Phi) is 4.74. The average molecular weight is 184 g/mol. The molecule has 2 atom stereocenters. The van der Waals surface area contributed by atoms with Crippen molar-refractivity contribution < 1.29 is 0 Å². The van der Waals surface area contributed by atoms with E-state index < -0.39 is 0 Å². The molecule has 2 nitrogen and oxygen atoms in total. The van der Waals surface area contributed by atoms with Crippen LogP contribution in [0.4, 0.5) is 0 Å². The summed E-state index contributed by atoms with van der Waals surface area (Å²) in [5, 5.41) is 0. The molecule has 1 fully saturated rings. The molecule has 13 heavy (non-hydrogen) atoms. The van der Waals surface area contributed by atoms with Crippen LogP contribution in [0, 0.1) is 5.92 Å². The number of hydrogen-bond acceptors (Lipinski definition) is 2. The van der Waals surface area contributed by atoms with Gasteiger partial charge in [0.05, 0.1) is 0 Å². The molecule has 0 amide bonds. The fraction of sp³-hybridized carbons (Fsp3) is 1.00. The van der Waals surface area contributed by atoms with Crippen molar-refractivity contribution in [1.29, 1.82) is 0 Å². The molecular weight excluding hydrogens is 160 g/mol. The summed E-state index contributed by atoms with van der Waals surface area (Å²) in [5.74, 6) is 0.916. The smallest absolute Gasteiger partial charge is 0.00105 e. The monoisotopic (exact) mass is 184 g/mol. The van der Waals surface area contributed by atoms with Gasteiger partial charge in [0.1, 0.15) is 0 Å². The Labute approximate surface area is 82.5 Å². The predicted molar refractivity (Wildman–Crippen MR) is 57.7 cm³/mol. The molecule has 0 aromatic carbocycles. The summed E-state index contributed by atoms with van der Waals surface area (Å²) >= 11 is 0. The highest BCUT2D eigenvalue weighted by Crippen LogP contribution is 2.20. The Bertz CT molecular complexity index is 134. The third kappa shape index (κ3) is 4.10. The van der Waals surface area contributed by atoms with Gasteiger partial charge in [0.2, 0.25) is 0 Å². The molecule has 1 aliphatic rings. The first-order valence-electron chi connectivity index (χ1n) is 5.70. The highest BCUT2D eigenvalue weighted by Gasteiger charge is 2.18. The second kappa shape index (κ2) is 5.61. The van der Waals surface area contributed by atoms with Gasteiger partial charge in [0.15, 0.2) is 0 Å². The van der Waals surface area contributed by atoms with E-state index in [2.05, 4.69) is 18.7 Å². The molecule has 1 aliphatic heterocycles. The van der Waals surface area contributed by atoms with E-state index in [0.29, 0.717) is 6.04 Å². The Morgan fingerprint density at radius 2 is 2.31 bits per heavy atom. The van der Waals surface area contributed by atoms with Crippen LogP contribution < -0.4 is 5.73 Å². The van der Waals surface area contributed by atoms with Crippen molar-refractivity contribution in [3.05, 3.63) is 0 Å². The van der Waals surface area contributed by atoms with Gasteiger partial charge in [-0.1, -0.05) is 6.92 Å². The number of piperidine rings is 1.